The van der Waals surface area contributed by atoms with Crippen molar-refractivity contribution in [3.8, 4) is 23.5 Å². The highest BCUT2D eigenvalue weighted by molar-refractivity contribution is 6.31. The zero-order valence-corrected chi connectivity index (χ0v) is 19.2. The Morgan fingerprint density at radius 3 is 2.26 bits per heavy atom. The number of nitrogens with one attached hydrogen (secondary N) is 2. The maximum atomic E-state index is 12.6. The fraction of sp³-hybridized carbons (Fsp3) is 0.148. The Labute approximate surface area is 207 Å². The molecule has 0 radical (unpaired) electrons. The molecule has 1 atom stereocenters. The largest absolute Gasteiger partial charge is 0.480 e. The Morgan fingerprint density at radius 1 is 1.03 bits per heavy atom. The van der Waals surface area contributed by atoms with E-state index in [-0.39, 0.29) is 35.2 Å². The van der Waals surface area contributed by atoms with Crippen LogP contribution in [0.5, 0.6) is 0 Å². The summed E-state index contributed by atoms with van der Waals surface area (Å²) in [5, 5.41) is 14.3. The lowest BCUT2D eigenvalue weighted by Crippen LogP contribution is -2.40. The van der Waals surface area contributed by atoms with E-state index in [1.807, 2.05) is 48.5 Å². The van der Waals surface area contributed by atoms with Crippen LogP contribution in [0.4, 0.5) is 10.5 Å². The summed E-state index contributed by atoms with van der Waals surface area (Å²) in [5.74, 6) is 0.167. The molecule has 0 saturated heterocycles. The van der Waals surface area contributed by atoms with Crippen LogP contribution in [0.1, 0.15) is 33.8 Å². The van der Waals surface area contributed by atoms with E-state index in [4.69, 9.17) is 22.8 Å². The minimum atomic E-state index is -1.25. The van der Waals surface area contributed by atoms with E-state index in [1.165, 1.54) is 18.2 Å². The lowest BCUT2D eigenvalue weighted by Gasteiger charge is -2.15. The Bertz CT molecular complexity index is 1300. The lowest BCUT2D eigenvalue weighted by atomic mass is 9.98. The Hall–Kier alpha value is -4.28. The van der Waals surface area contributed by atoms with Crippen LogP contribution in [0.15, 0.2) is 66.7 Å². The first-order valence-electron chi connectivity index (χ1n) is 10.8. The molecule has 176 valence electrons. The summed E-state index contributed by atoms with van der Waals surface area (Å²) in [5.41, 5.74) is 4.70. The predicted octanol–water partition coefficient (Wildman–Crippen LogP) is 4.91. The molecule has 2 amide bonds. The highest BCUT2D eigenvalue weighted by Crippen LogP contribution is 2.44. The highest BCUT2D eigenvalue weighted by Gasteiger charge is 2.29. The number of carbonyl (C=O) groups is 3. The SMILES string of the molecule is C#CCC(NC(=O)c1cc(Cl)cc(NC(=O)OCC2c3ccccc3-c3ccccc32)c1)C(=O)O. The van der Waals surface area contributed by atoms with Gasteiger partial charge in [-0.25, -0.2) is 9.59 Å². The van der Waals surface area contributed by atoms with Crippen LogP contribution in [-0.4, -0.2) is 35.7 Å². The molecule has 35 heavy (non-hydrogen) atoms. The molecule has 1 aliphatic carbocycles. The molecule has 3 aromatic carbocycles. The number of hydrogen-bond donors (Lipinski definition) is 3. The van der Waals surface area contributed by atoms with Crippen molar-refractivity contribution < 1.29 is 24.2 Å². The molecule has 4 rings (SSSR count). The number of carboxylic acid groups (broad SMARTS) is 1. The van der Waals surface area contributed by atoms with E-state index in [0.717, 1.165) is 22.3 Å². The van der Waals surface area contributed by atoms with Gasteiger partial charge in [0.05, 0.1) is 0 Å². The van der Waals surface area contributed by atoms with Gasteiger partial charge in [-0.3, -0.25) is 10.1 Å². The normalized spacial score (nSPS) is 12.6. The average molecular weight is 489 g/mol. The topological polar surface area (TPSA) is 105 Å². The number of rotatable bonds is 7. The molecule has 3 N–H and O–H groups in total. The van der Waals surface area contributed by atoms with Crippen LogP contribution >= 0.6 is 11.6 Å². The maximum absolute atomic E-state index is 12.6. The Morgan fingerprint density at radius 2 is 1.66 bits per heavy atom. The number of carbonyl (C=O) groups excluding carboxylic acids is 2. The number of terminal acetylenes is 1. The molecule has 0 aromatic heterocycles. The average Bonchev–Trinajstić information content (AvgIpc) is 3.15. The molecule has 0 bridgehead atoms. The number of ether oxygens (including phenoxy) is 1. The van der Waals surface area contributed by atoms with Crippen molar-refractivity contribution >= 4 is 35.3 Å². The number of amides is 2. The van der Waals surface area contributed by atoms with Gasteiger partial charge in [0.2, 0.25) is 0 Å². The molecular weight excluding hydrogens is 468 g/mol. The zero-order valence-electron chi connectivity index (χ0n) is 18.5. The predicted molar refractivity (Wildman–Crippen MR) is 132 cm³/mol. The minimum absolute atomic E-state index is 0.0646. The van der Waals surface area contributed by atoms with Gasteiger partial charge in [0, 0.05) is 28.6 Å². The van der Waals surface area contributed by atoms with E-state index in [1.54, 1.807) is 0 Å². The molecule has 0 fully saturated rings. The number of anilines is 1. The second kappa shape index (κ2) is 10.3. The quantitative estimate of drug-likeness (QED) is 0.410. The van der Waals surface area contributed by atoms with Crippen LogP contribution < -0.4 is 10.6 Å². The molecule has 8 heteroatoms. The molecule has 0 aliphatic heterocycles. The molecule has 3 aromatic rings. The van der Waals surface area contributed by atoms with E-state index in [2.05, 4.69) is 16.6 Å². The molecule has 1 aliphatic rings. The van der Waals surface area contributed by atoms with Gasteiger partial charge in [-0.1, -0.05) is 60.1 Å². The van der Waals surface area contributed by atoms with Crippen LogP contribution in [0, 0.1) is 12.3 Å². The highest BCUT2D eigenvalue weighted by atomic mass is 35.5. The fourth-order valence-corrected chi connectivity index (χ4v) is 4.34. The van der Waals surface area contributed by atoms with Crippen molar-refractivity contribution in [2.75, 3.05) is 11.9 Å². The van der Waals surface area contributed by atoms with Gasteiger partial charge in [0.1, 0.15) is 12.6 Å². The second-order valence-electron chi connectivity index (χ2n) is 7.95. The summed E-state index contributed by atoms with van der Waals surface area (Å²) in [4.78, 5) is 36.3. The fourth-order valence-electron chi connectivity index (χ4n) is 4.10. The van der Waals surface area contributed by atoms with Crippen molar-refractivity contribution in [3.63, 3.8) is 0 Å². The molecule has 0 heterocycles. The lowest BCUT2D eigenvalue weighted by molar-refractivity contribution is -0.139. The third kappa shape index (κ3) is 5.29. The monoisotopic (exact) mass is 488 g/mol. The van der Waals surface area contributed by atoms with E-state index < -0.39 is 24.0 Å². The summed E-state index contributed by atoms with van der Waals surface area (Å²) >= 11 is 6.11. The number of fused-ring (bicyclic) bond motifs is 3. The van der Waals surface area contributed by atoms with Gasteiger partial charge >= 0.3 is 12.1 Å². The van der Waals surface area contributed by atoms with Crippen molar-refractivity contribution in [1.82, 2.24) is 5.32 Å². The van der Waals surface area contributed by atoms with Gasteiger partial charge in [-0.2, -0.15) is 0 Å². The minimum Gasteiger partial charge on any atom is -0.480 e. The van der Waals surface area contributed by atoms with E-state index >= 15 is 0 Å². The first-order valence-corrected chi connectivity index (χ1v) is 11.1. The third-order valence-corrected chi connectivity index (χ3v) is 5.89. The number of aliphatic carboxylic acids is 1. The van der Waals surface area contributed by atoms with Crippen LogP contribution in [0.25, 0.3) is 11.1 Å². The smallest absolute Gasteiger partial charge is 0.411 e. The van der Waals surface area contributed by atoms with Gasteiger partial charge in [0.25, 0.3) is 5.91 Å². The van der Waals surface area contributed by atoms with Crippen molar-refractivity contribution in [2.45, 2.75) is 18.4 Å². The van der Waals surface area contributed by atoms with Crippen molar-refractivity contribution in [2.24, 2.45) is 0 Å². The first kappa shape index (κ1) is 23.9. The van der Waals surface area contributed by atoms with E-state index in [9.17, 15) is 19.5 Å². The zero-order chi connectivity index (χ0) is 24.9. The summed E-state index contributed by atoms with van der Waals surface area (Å²) in [6.07, 6.45) is 4.28. The number of halogens is 1. The number of carboxylic acids is 1. The van der Waals surface area contributed by atoms with Crippen LogP contribution in [0.2, 0.25) is 5.02 Å². The van der Waals surface area contributed by atoms with Gasteiger partial charge in [0.15, 0.2) is 0 Å². The molecule has 7 nitrogen and oxygen atoms in total. The standard InChI is InChI=1S/C27H21ClN2O5/c1-2-7-24(26(32)33)30-25(31)16-12-17(28)14-18(13-16)29-27(34)35-15-23-21-10-5-3-8-19(21)20-9-4-6-11-22(20)23/h1,3-6,8-14,23-24H,7,15H2,(H,29,34)(H,30,31)(H,32,33). The van der Waals surface area contributed by atoms with Gasteiger partial charge in [-0.05, 0) is 40.5 Å². The summed E-state index contributed by atoms with van der Waals surface area (Å²) in [6, 6.07) is 18.9. The van der Waals surface area contributed by atoms with Gasteiger partial charge in [-0.15, -0.1) is 12.3 Å². The maximum Gasteiger partial charge on any atom is 0.411 e. The summed E-state index contributed by atoms with van der Waals surface area (Å²) < 4.78 is 5.52. The molecule has 0 saturated carbocycles. The van der Waals surface area contributed by atoms with E-state index in [0.29, 0.717) is 0 Å². The van der Waals surface area contributed by atoms with Crippen molar-refractivity contribution in [1.29, 1.82) is 0 Å². The van der Waals surface area contributed by atoms with Crippen LogP contribution in [0.3, 0.4) is 0 Å². The van der Waals surface area contributed by atoms with Crippen LogP contribution in [-0.2, 0) is 9.53 Å². The Kier molecular flexibility index (Phi) is 7.04. The number of benzene rings is 3. The van der Waals surface area contributed by atoms with Crippen molar-refractivity contribution in [3.05, 3.63) is 88.4 Å². The summed E-state index contributed by atoms with van der Waals surface area (Å²) in [6.45, 7) is 0.125. The third-order valence-electron chi connectivity index (χ3n) is 5.68. The summed E-state index contributed by atoms with van der Waals surface area (Å²) in [7, 11) is 0. The number of hydrogen-bond acceptors (Lipinski definition) is 4. The first-order chi connectivity index (χ1) is 16.9. The molecular formula is C27H21ClN2O5. The second-order valence-corrected chi connectivity index (χ2v) is 8.39. The van der Waals surface area contributed by atoms with Gasteiger partial charge < -0.3 is 15.2 Å². The molecule has 1 unspecified atom stereocenters. The Balaban J connectivity index is 1.44. The molecule has 0 spiro atoms.